The second-order valence-corrected chi connectivity index (χ2v) is 6.04. The number of fused-ring (bicyclic) bond motifs is 1. The monoisotopic (exact) mass is 219 g/mol. The number of H-pyrrole nitrogens is 1. The lowest BCUT2D eigenvalue weighted by atomic mass is 9.79. The molecule has 3 rings (SSSR count). The van der Waals surface area contributed by atoms with Gasteiger partial charge in [0, 0.05) is 16.6 Å². The van der Waals surface area contributed by atoms with Crippen molar-refractivity contribution >= 4 is 0 Å². The van der Waals surface area contributed by atoms with Crippen molar-refractivity contribution in [2.24, 2.45) is 5.73 Å². The smallest absolute Gasteiger partial charge is 0.0736 e. The van der Waals surface area contributed by atoms with E-state index in [1.807, 2.05) is 0 Å². The zero-order chi connectivity index (χ0) is 11.4. The second kappa shape index (κ2) is 3.10. The number of nitrogens with two attached hydrogens (primary N) is 1. The standard InChI is InChI=1S/C13H21N3/c1-12(2,14)13(7-8-13)11-9-5-3-4-6-10(9)15-16-11/h3-8,14H2,1-2H3,(H,15,16). The maximum absolute atomic E-state index is 6.35. The SMILES string of the molecule is CC(C)(N)C1(c2n[nH]c3c2CCCC3)CC1. The Hall–Kier alpha value is -0.830. The zero-order valence-corrected chi connectivity index (χ0v) is 10.3. The maximum atomic E-state index is 6.35. The minimum Gasteiger partial charge on any atom is -0.325 e. The molecule has 3 N–H and O–H groups in total. The average Bonchev–Trinajstić information content (AvgIpc) is 2.93. The third-order valence-electron chi connectivity index (χ3n) is 4.49. The van der Waals surface area contributed by atoms with Gasteiger partial charge in [-0.3, -0.25) is 5.10 Å². The highest BCUT2D eigenvalue weighted by atomic mass is 15.1. The first-order chi connectivity index (χ1) is 7.55. The number of hydrogen-bond donors (Lipinski definition) is 2. The van der Waals surface area contributed by atoms with Crippen LogP contribution in [0.5, 0.6) is 0 Å². The van der Waals surface area contributed by atoms with Gasteiger partial charge in [0.1, 0.15) is 0 Å². The second-order valence-electron chi connectivity index (χ2n) is 6.04. The van der Waals surface area contributed by atoms with Crippen molar-refractivity contribution in [1.82, 2.24) is 10.2 Å². The molecule has 16 heavy (non-hydrogen) atoms. The summed E-state index contributed by atoms with van der Waals surface area (Å²) in [7, 11) is 0. The first-order valence-electron chi connectivity index (χ1n) is 6.40. The molecule has 1 fully saturated rings. The highest BCUT2D eigenvalue weighted by Crippen LogP contribution is 2.55. The zero-order valence-electron chi connectivity index (χ0n) is 10.3. The van der Waals surface area contributed by atoms with E-state index in [4.69, 9.17) is 5.73 Å². The van der Waals surface area contributed by atoms with Crippen molar-refractivity contribution in [3.05, 3.63) is 17.0 Å². The van der Waals surface area contributed by atoms with Gasteiger partial charge in [0.2, 0.25) is 0 Å². The van der Waals surface area contributed by atoms with E-state index in [0.29, 0.717) is 0 Å². The van der Waals surface area contributed by atoms with E-state index in [-0.39, 0.29) is 11.0 Å². The van der Waals surface area contributed by atoms with Gasteiger partial charge >= 0.3 is 0 Å². The quantitative estimate of drug-likeness (QED) is 0.800. The van der Waals surface area contributed by atoms with Crippen molar-refractivity contribution in [3.8, 4) is 0 Å². The van der Waals surface area contributed by atoms with E-state index in [2.05, 4.69) is 24.0 Å². The molecule has 0 amide bonds. The van der Waals surface area contributed by atoms with Crippen LogP contribution in [0.4, 0.5) is 0 Å². The summed E-state index contributed by atoms with van der Waals surface area (Å²) in [6.07, 6.45) is 7.37. The first-order valence-corrected chi connectivity index (χ1v) is 6.40. The Labute approximate surface area is 96.8 Å². The van der Waals surface area contributed by atoms with Crippen LogP contribution in [0.15, 0.2) is 0 Å². The molecule has 0 aromatic carbocycles. The molecule has 1 heterocycles. The molecular weight excluding hydrogens is 198 g/mol. The predicted molar refractivity (Wildman–Crippen MR) is 64.4 cm³/mol. The normalized spacial score (nSPS) is 22.9. The number of rotatable bonds is 2. The molecule has 0 bridgehead atoms. The van der Waals surface area contributed by atoms with E-state index in [0.717, 1.165) is 0 Å². The Morgan fingerprint density at radius 3 is 2.56 bits per heavy atom. The van der Waals surface area contributed by atoms with Gasteiger partial charge in [0.15, 0.2) is 0 Å². The lowest BCUT2D eigenvalue weighted by Gasteiger charge is -2.30. The lowest BCUT2D eigenvalue weighted by Crippen LogP contribution is -2.46. The van der Waals surface area contributed by atoms with Crippen LogP contribution in [0.2, 0.25) is 0 Å². The van der Waals surface area contributed by atoms with Gasteiger partial charge in [-0.2, -0.15) is 5.10 Å². The molecule has 1 saturated carbocycles. The van der Waals surface area contributed by atoms with Crippen LogP contribution in [0.3, 0.4) is 0 Å². The molecule has 0 saturated heterocycles. The highest BCUT2D eigenvalue weighted by Gasteiger charge is 2.56. The largest absolute Gasteiger partial charge is 0.325 e. The lowest BCUT2D eigenvalue weighted by molar-refractivity contribution is 0.381. The van der Waals surface area contributed by atoms with Crippen molar-refractivity contribution in [2.75, 3.05) is 0 Å². The molecule has 3 heteroatoms. The molecule has 0 radical (unpaired) electrons. The summed E-state index contributed by atoms with van der Waals surface area (Å²) in [5.74, 6) is 0. The fourth-order valence-corrected chi connectivity index (χ4v) is 3.19. The Morgan fingerprint density at radius 2 is 1.94 bits per heavy atom. The number of nitrogens with zero attached hydrogens (tertiary/aromatic N) is 1. The highest BCUT2D eigenvalue weighted by molar-refractivity contribution is 5.40. The fourth-order valence-electron chi connectivity index (χ4n) is 3.19. The van der Waals surface area contributed by atoms with Crippen LogP contribution < -0.4 is 5.73 Å². The van der Waals surface area contributed by atoms with Gasteiger partial charge in [-0.15, -0.1) is 0 Å². The summed E-state index contributed by atoms with van der Waals surface area (Å²) in [5, 5.41) is 7.83. The van der Waals surface area contributed by atoms with Crippen LogP contribution in [0.1, 0.15) is 56.5 Å². The van der Waals surface area contributed by atoms with Crippen LogP contribution in [0, 0.1) is 0 Å². The number of nitrogens with one attached hydrogen (secondary N) is 1. The first kappa shape index (κ1) is 10.3. The van der Waals surface area contributed by atoms with Crippen molar-refractivity contribution in [2.45, 2.75) is 63.3 Å². The van der Waals surface area contributed by atoms with E-state index in [1.54, 1.807) is 0 Å². The number of hydrogen-bond acceptors (Lipinski definition) is 2. The minimum absolute atomic E-state index is 0.145. The molecule has 88 valence electrons. The topological polar surface area (TPSA) is 54.7 Å². The molecule has 1 aromatic heterocycles. The third kappa shape index (κ3) is 1.27. The van der Waals surface area contributed by atoms with Crippen LogP contribution in [-0.4, -0.2) is 15.7 Å². The number of aromatic nitrogens is 2. The van der Waals surface area contributed by atoms with Crippen LogP contribution >= 0.6 is 0 Å². The number of aromatic amines is 1. The molecule has 0 spiro atoms. The summed E-state index contributed by atoms with van der Waals surface area (Å²) in [6.45, 7) is 4.29. The van der Waals surface area contributed by atoms with Gasteiger partial charge in [0.05, 0.1) is 5.69 Å². The molecule has 0 unspecified atom stereocenters. The van der Waals surface area contributed by atoms with Gasteiger partial charge in [-0.1, -0.05) is 0 Å². The van der Waals surface area contributed by atoms with E-state index < -0.39 is 0 Å². The molecule has 1 aromatic rings. The van der Waals surface area contributed by atoms with Gasteiger partial charge in [-0.25, -0.2) is 0 Å². The maximum Gasteiger partial charge on any atom is 0.0736 e. The predicted octanol–water partition coefficient (Wildman–Crippen LogP) is 2.06. The van der Waals surface area contributed by atoms with Crippen LogP contribution in [0.25, 0.3) is 0 Å². The Balaban J connectivity index is 2.04. The van der Waals surface area contributed by atoms with E-state index >= 15 is 0 Å². The fraction of sp³-hybridized carbons (Fsp3) is 0.769. The van der Waals surface area contributed by atoms with Crippen molar-refractivity contribution in [1.29, 1.82) is 0 Å². The summed E-state index contributed by atoms with van der Waals surface area (Å²) in [6, 6.07) is 0. The summed E-state index contributed by atoms with van der Waals surface area (Å²) >= 11 is 0. The summed E-state index contributed by atoms with van der Waals surface area (Å²) in [5.41, 5.74) is 10.5. The third-order valence-corrected chi connectivity index (χ3v) is 4.49. The van der Waals surface area contributed by atoms with Crippen molar-refractivity contribution < 1.29 is 0 Å². The van der Waals surface area contributed by atoms with Gasteiger partial charge < -0.3 is 5.73 Å². The molecular formula is C13H21N3. The molecule has 0 atom stereocenters. The Morgan fingerprint density at radius 1 is 1.25 bits per heavy atom. The van der Waals surface area contributed by atoms with Gasteiger partial charge in [0.25, 0.3) is 0 Å². The van der Waals surface area contributed by atoms with E-state index in [1.165, 1.54) is 55.5 Å². The average molecular weight is 219 g/mol. The molecule has 3 nitrogen and oxygen atoms in total. The minimum atomic E-state index is -0.145. The molecule has 2 aliphatic carbocycles. The van der Waals surface area contributed by atoms with Crippen molar-refractivity contribution in [3.63, 3.8) is 0 Å². The molecule has 0 aliphatic heterocycles. The van der Waals surface area contributed by atoms with Gasteiger partial charge in [-0.05, 0) is 57.9 Å². The number of aryl methyl sites for hydroxylation is 1. The van der Waals surface area contributed by atoms with E-state index in [9.17, 15) is 0 Å². The Kier molecular flexibility index (Phi) is 2.00. The summed E-state index contributed by atoms with van der Waals surface area (Å²) < 4.78 is 0. The van der Waals surface area contributed by atoms with Crippen LogP contribution in [-0.2, 0) is 18.3 Å². The Bertz CT molecular complexity index is 407. The summed E-state index contributed by atoms with van der Waals surface area (Å²) in [4.78, 5) is 0. The molecule has 2 aliphatic rings.